The number of hydrogen-bond acceptors (Lipinski definition) is 2. The van der Waals surface area contributed by atoms with Gasteiger partial charge in [-0.05, 0) is 18.6 Å². The second-order valence-corrected chi connectivity index (χ2v) is 5.06. The van der Waals surface area contributed by atoms with Crippen molar-refractivity contribution in [2.45, 2.75) is 32.6 Å². The van der Waals surface area contributed by atoms with Gasteiger partial charge in [-0.25, -0.2) is 4.68 Å². The molecule has 0 aliphatic heterocycles. The zero-order valence-electron chi connectivity index (χ0n) is 11.5. The molecular formula is C15H20N2O. The molecule has 0 amide bonds. The Balaban J connectivity index is 2.49. The lowest BCUT2D eigenvalue weighted by Crippen LogP contribution is -2.16. The van der Waals surface area contributed by atoms with Crippen molar-refractivity contribution in [3.05, 3.63) is 42.1 Å². The molecule has 1 aromatic carbocycles. The fourth-order valence-corrected chi connectivity index (χ4v) is 1.78. The van der Waals surface area contributed by atoms with Crippen molar-refractivity contribution in [2.24, 2.45) is 0 Å². The first-order chi connectivity index (χ1) is 8.58. The fraction of sp³-hybridized carbons (Fsp3) is 0.400. The molecule has 0 aliphatic carbocycles. The number of nitrogens with zero attached hydrogens (tertiary/aromatic N) is 2. The van der Waals surface area contributed by atoms with Crippen LogP contribution in [0.15, 0.2) is 36.4 Å². The molecule has 0 spiro atoms. The third kappa shape index (κ3) is 2.26. The predicted octanol–water partition coefficient (Wildman–Crippen LogP) is 3.57. The van der Waals surface area contributed by atoms with Crippen LogP contribution in [0.3, 0.4) is 0 Å². The van der Waals surface area contributed by atoms with Crippen LogP contribution in [0.25, 0.3) is 5.69 Å². The summed E-state index contributed by atoms with van der Waals surface area (Å²) in [6, 6.07) is 12.1. The Kier molecular flexibility index (Phi) is 3.41. The minimum absolute atomic E-state index is 0.0628. The van der Waals surface area contributed by atoms with Crippen LogP contribution < -0.4 is 4.74 Å². The summed E-state index contributed by atoms with van der Waals surface area (Å²) in [5.41, 5.74) is 2.14. The summed E-state index contributed by atoms with van der Waals surface area (Å²) in [7, 11) is 1.68. The van der Waals surface area contributed by atoms with Crippen LogP contribution in [-0.4, -0.2) is 16.9 Å². The van der Waals surface area contributed by atoms with E-state index in [1.54, 1.807) is 7.11 Å². The van der Waals surface area contributed by atoms with Gasteiger partial charge in [0.15, 0.2) is 0 Å². The molecule has 3 heteroatoms. The zero-order chi connectivity index (χ0) is 13.2. The van der Waals surface area contributed by atoms with E-state index in [0.717, 1.165) is 23.7 Å². The topological polar surface area (TPSA) is 27.1 Å². The first-order valence-electron chi connectivity index (χ1n) is 6.28. The second kappa shape index (κ2) is 4.84. The molecule has 3 nitrogen and oxygen atoms in total. The van der Waals surface area contributed by atoms with Crippen LogP contribution >= 0.6 is 0 Å². The van der Waals surface area contributed by atoms with E-state index in [-0.39, 0.29) is 5.41 Å². The number of benzene rings is 1. The SMILES string of the molecule is CCC(C)(C)c1cc(OC)n(-c2ccccc2)n1. The summed E-state index contributed by atoms with van der Waals surface area (Å²) in [6.45, 7) is 6.57. The molecule has 0 atom stereocenters. The number of aromatic nitrogens is 2. The monoisotopic (exact) mass is 244 g/mol. The highest BCUT2D eigenvalue weighted by molar-refractivity contribution is 5.36. The van der Waals surface area contributed by atoms with Gasteiger partial charge in [-0.1, -0.05) is 39.0 Å². The maximum Gasteiger partial charge on any atom is 0.216 e. The molecule has 18 heavy (non-hydrogen) atoms. The smallest absolute Gasteiger partial charge is 0.216 e. The number of ether oxygens (including phenoxy) is 1. The normalized spacial score (nSPS) is 11.6. The van der Waals surface area contributed by atoms with Gasteiger partial charge in [0, 0.05) is 11.5 Å². The van der Waals surface area contributed by atoms with Crippen LogP contribution in [0.2, 0.25) is 0 Å². The number of para-hydroxylation sites is 1. The number of hydrogen-bond donors (Lipinski definition) is 0. The van der Waals surface area contributed by atoms with E-state index in [0.29, 0.717) is 0 Å². The van der Waals surface area contributed by atoms with Crippen molar-refractivity contribution in [3.63, 3.8) is 0 Å². The maximum atomic E-state index is 5.42. The molecule has 1 aromatic heterocycles. The summed E-state index contributed by atoms with van der Waals surface area (Å²) >= 11 is 0. The first-order valence-corrected chi connectivity index (χ1v) is 6.28. The molecule has 0 bridgehead atoms. The Labute approximate surface area is 108 Å². The summed E-state index contributed by atoms with van der Waals surface area (Å²) in [5.74, 6) is 0.776. The van der Waals surface area contributed by atoms with Crippen molar-refractivity contribution in [1.82, 2.24) is 9.78 Å². The minimum atomic E-state index is 0.0628. The van der Waals surface area contributed by atoms with E-state index >= 15 is 0 Å². The van der Waals surface area contributed by atoms with Gasteiger partial charge in [0.25, 0.3) is 0 Å². The Morgan fingerprint density at radius 1 is 1.22 bits per heavy atom. The predicted molar refractivity (Wildman–Crippen MR) is 73.4 cm³/mol. The minimum Gasteiger partial charge on any atom is -0.481 e. The summed E-state index contributed by atoms with van der Waals surface area (Å²) in [6.07, 6.45) is 1.04. The van der Waals surface area contributed by atoms with Gasteiger partial charge in [0.05, 0.1) is 18.5 Å². The average Bonchev–Trinajstić information content (AvgIpc) is 2.84. The van der Waals surface area contributed by atoms with Gasteiger partial charge in [-0.15, -0.1) is 0 Å². The molecule has 0 radical (unpaired) electrons. The molecule has 0 fully saturated rings. The molecule has 0 unspecified atom stereocenters. The number of rotatable bonds is 4. The highest BCUT2D eigenvalue weighted by Crippen LogP contribution is 2.29. The van der Waals surface area contributed by atoms with E-state index in [2.05, 4.69) is 25.9 Å². The second-order valence-electron chi connectivity index (χ2n) is 5.06. The molecular weight excluding hydrogens is 224 g/mol. The van der Waals surface area contributed by atoms with Gasteiger partial charge in [-0.2, -0.15) is 5.10 Å². The van der Waals surface area contributed by atoms with E-state index in [9.17, 15) is 0 Å². The third-order valence-electron chi connectivity index (χ3n) is 3.46. The van der Waals surface area contributed by atoms with Gasteiger partial charge < -0.3 is 4.74 Å². The van der Waals surface area contributed by atoms with E-state index in [4.69, 9.17) is 4.74 Å². The van der Waals surface area contributed by atoms with Crippen molar-refractivity contribution in [1.29, 1.82) is 0 Å². The van der Waals surface area contributed by atoms with E-state index < -0.39 is 0 Å². The molecule has 0 saturated heterocycles. The maximum absolute atomic E-state index is 5.42. The van der Waals surface area contributed by atoms with E-state index in [1.807, 2.05) is 41.1 Å². The standard InChI is InChI=1S/C15H20N2O/c1-5-15(2,3)13-11-14(18-4)17(16-13)12-9-7-6-8-10-12/h6-11H,5H2,1-4H3. The van der Waals surface area contributed by atoms with E-state index in [1.165, 1.54) is 0 Å². The molecule has 0 saturated carbocycles. The molecule has 0 aliphatic rings. The summed E-state index contributed by atoms with van der Waals surface area (Å²) in [5, 5.41) is 4.69. The Morgan fingerprint density at radius 2 is 1.89 bits per heavy atom. The average molecular weight is 244 g/mol. The van der Waals surface area contributed by atoms with Crippen molar-refractivity contribution >= 4 is 0 Å². The van der Waals surface area contributed by atoms with Crippen LogP contribution in [0.1, 0.15) is 32.9 Å². The van der Waals surface area contributed by atoms with Crippen LogP contribution in [0.4, 0.5) is 0 Å². The summed E-state index contributed by atoms with van der Waals surface area (Å²) < 4.78 is 7.27. The van der Waals surface area contributed by atoms with Gasteiger partial charge in [-0.3, -0.25) is 0 Å². The molecule has 1 heterocycles. The van der Waals surface area contributed by atoms with Gasteiger partial charge >= 0.3 is 0 Å². The highest BCUT2D eigenvalue weighted by Gasteiger charge is 2.23. The third-order valence-corrected chi connectivity index (χ3v) is 3.46. The van der Waals surface area contributed by atoms with Crippen LogP contribution in [-0.2, 0) is 5.41 Å². The molecule has 0 N–H and O–H groups in total. The molecule has 2 rings (SSSR count). The zero-order valence-corrected chi connectivity index (χ0v) is 11.5. The van der Waals surface area contributed by atoms with Crippen molar-refractivity contribution in [2.75, 3.05) is 7.11 Å². The number of methoxy groups -OCH3 is 1. The first kappa shape index (κ1) is 12.7. The fourth-order valence-electron chi connectivity index (χ4n) is 1.78. The lowest BCUT2D eigenvalue weighted by Gasteiger charge is -2.19. The lowest BCUT2D eigenvalue weighted by molar-refractivity contribution is 0.383. The van der Waals surface area contributed by atoms with Gasteiger partial charge in [0.2, 0.25) is 5.88 Å². The summed E-state index contributed by atoms with van der Waals surface area (Å²) in [4.78, 5) is 0. The Hall–Kier alpha value is -1.77. The van der Waals surface area contributed by atoms with Gasteiger partial charge in [0.1, 0.15) is 0 Å². The van der Waals surface area contributed by atoms with Crippen LogP contribution in [0.5, 0.6) is 5.88 Å². The molecule has 96 valence electrons. The van der Waals surface area contributed by atoms with Crippen molar-refractivity contribution < 1.29 is 4.74 Å². The largest absolute Gasteiger partial charge is 0.481 e. The quantitative estimate of drug-likeness (QED) is 0.822. The molecule has 2 aromatic rings. The highest BCUT2D eigenvalue weighted by atomic mass is 16.5. The van der Waals surface area contributed by atoms with Crippen molar-refractivity contribution in [3.8, 4) is 11.6 Å². The Bertz CT molecular complexity index is 515. The van der Waals surface area contributed by atoms with Crippen LogP contribution in [0, 0.1) is 0 Å². The lowest BCUT2D eigenvalue weighted by atomic mass is 9.87. The Morgan fingerprint density at radius 3 is 2.44 bits per heavy atom.